The molecule has 4 nitrogen and oxygen atoms in total. The Kier molecular flexibility index (Phi) is 7.67. The maximum atomic E-state index is 11.0. The van der Waals surface area contributed by atoms with Crippen molar-refractivity contribution in [1.29, 1.82) is 0 Å². The summed E-state index contributed by atoms with van der Waals surface area (Å²) in [6.45, 7) is 4.94. The van der Waals surface area contributed by atoms with E-state index in [-0.39, 0.29) is 5.97 Å². The van der Waals surface area contributed by atoms with Crippen molar-refractivity contribution in [3.8, 4) is 0 Å². The fraction of sp³-hybridized carbons (Fsp3) is 0.0769. The lowest BCUT2D eigenvalue weighted by molar-refractivity contribution is -0.131. The summed E-state index contributed by atoms with van der Waals surface area (Å²) >= 11 is 0. The van der Waals surface area contributed by atoms with E-state index in [1.807, 2.05) is 6.07 Å². The average molecular weight is 234 g/mol. The van der Waals surface area contributed by atoms with Gasteiger partial charge in [-0.15, -0.1) is 0 Å². The lowest BCUT2D eigenvalue weighted by Crippen LogP contribution is -1.98. The fourth-order valence-corrected chi connectivity index (χ4v) is 0.861. The van der Waals surface area contributed by atoms with Crippen LogP contribution in [-0.4, -0.2) is 17.0 Å². The van der Waals surface area contributed by atoms with Crippen molar-refractivity contribution in [2.45, 2.75) is 6.92 Å². The van der Waals surface area contributed by atoms with Gasteiger partial charge in [-0.25, -0.2) is 9.59 Å². The number of aliphatic carboxylic acids is 1. The second-order valence-electron chi connectivity index (χ2n) is 2.78. The van der Waals surface area contributed by atoms with Crippen molar-refractivity contribution in [1.82, 2.24) is 0 Å². The highest BCUT2D eigenvalue weighted by Crippen LogP contribution is 2.00. The van der Waals surface area contributed by atoms with Crippen molar-refractivity contribution < 1.29 is 19.4 Å². The molecule has 0 aliphatic rings. The molecule has 1 aromatic rings. The number of benzene rings is 1. The second kappa shape index (κ2) is 8.91. The van der Waals surface area contributed by atoms with Gasteiger partial charge in [0.2, 0.25) is 0 Å². The maximum Gasteiger partial charge on any atom is 0.342 e. The highest BCUT2D eigenvalue weighted by atomic mass is 16.5. The standard InChI is InChI=1S/C9H8O2.C4H6O2/c1-2-11-9(10)8-6-4-3-5-7-8;1-2-3-4(5)6/h2-7H,1H2;2-3H,1H3,(H,5,6)/b;3-2+. The van der Waals surface area contributed by atoms with Crippen LogP contribution < -0.4 is 0 Å². The van der Waals surface area contributed by atoms with Gasteiger partial charge >= 0.3 is 11.9 Å². The topological polar surface area (TPSA) is 63.6 Å². The minimum absolute atomic E-state index is 0.374. The lowest BCUT2D eigenvalue weighted by Gasteiger charge is -1.96. The van der Waals surface area contributed by atoms with Gasteiger partial charge < -0.3 is 9.84 Å². The van der Waals surface area contributed by atoms with E-state index in [9.17, 15) is 9.59 Å². The first-order valence-corrected chi connectivity index (χ1v) is 4.84. The predicted molar refractivity (Wildman–Crippen MR) is 64.5 cm³/mol. The van der Waals surface area contributed by atoms with Gasteiger partial charge in [0.15, 0.2) is 0 Å². The highest BCUT2D eigenvalue weighted by molar-refractivity contribution is 5.89. The summed E-state index contributed by atoms with van der Waals surface area (Å²) in [5.41, 5.74) is 0.535. The van der Waals surface area contributed by atoms with Crippen molar-refractivity contribution in [2.75, 3.05) is 0 Å². The van der Waals surface area contributed by atoms with Crippen LogP contribution in [0.5, 0.6) is 0 Å². The number of carbonyl (C=O) groups is 2. The SMILES string of the molecule is C/C=C/C(=O)O.C=COC(=O)c1ccccc1. The molecule has 0 aliphatic carbocycles. The maximum absolute atomic E-state index is 11.0. The second-order valence-corrected chi connectivity index (χ2v) is 2.78. The molecule has 0 aromatic heterocycles. The van der Waals surface area contributed by atoms with Crippen LogP contribution in [0.4, 0.5) is 0 Å². The molecule has 0 aliphatic heterocycles. The molecular formula is C13H14O4. The van der Waals surface area contributed by atoms with Crippen LogP contribution in [0.25, 0.3) is 0 Å². The van der Waals surface area contributed by atoms with Crippen LogP contribution in [0, 0.1) is 0 Å². The molecule has 17 heavy (non-hydrogen) atoms. The van der Waals surface area contributed by atoms with E-state index in [0.29, 0.717) is 5.56 Å². The molecule has 0 radical (unpaired) electrons. The Labute approximate surface area is 99.8 Å². The number of rotatable bonds is 3. The molecule has 0 amide bonds. The quantitative estimate of drug-likeness (QED) is 0.496. The first kappa shape index (κ1) is 14.6. The van der Waals surface area contributed by atoms with E-state index in [1.54, 1.807) is 31.2 Å². The zero-order valence-corrected chi connectivity index (χ0v) is 9.50. The van der Waals surface area contributed by atoms with Crippen LogP contribution in [0.3, 0.4) is 0 Å². The van der Waals surface area contributed by atoms with Crippen molar-refractivity contribution >= 4 is 11.9 Å². The van der Waals surface area contributed by atoms with Gasteiger partial charge in [-0.1, -0.05) is 30.9 Å². The molecule has 0 bridgehead atoms. The van der Waals surface area contributed by atoms with Gasteiger partial charge in [-0.3, -0.25) is 0 Å². The molecule has 0 fully saturated rings. The molecule has 0 saturated carbocycles. The molecule has 0 saturated heterocycles. The summed E-state index contributed by atoms with van der Waals surface area (Å²) in [6, 6.07) is 8.77. The smallest absolute Gasteiger partial charge is 0.342 e. The summed E-state index contributed by atoms with van der Waals surface area (Å²) in [5, 5.41) is 7.83. The number of hydrogen-bond acceptors (Lipinski definition) is 3. The van der Waals surface area contributed by atoms with Crippen LogP contribution >= 0.6 is 0 Å². The normalized spacial score (nSPS) is 9.00. The third-order valence-electron chi connectivity index (χ3n) is 1.51. The number of carboxylic acid groups (broad SMARTS) is 1. The molecule has 0 atom stereocenters. The monoisotopic (exact) mass is 234 g/mol. The Bertz CT molecular complexity index is 393. The molecule has 1 N–H and O–H groups in total. The fourth-order valence-electron chi connectivity index (χ4n) is 0.861. The average Bonchev–Trinajstić information content (AvgIpc) is 2.31. The van der Waals surface area contributed by atoms with Crippen molar-refractivity contribution in [3.05, 3.63) is 60.9 Å². The summed E-state index contributed by atoms with van der Waals surface area (Å²) in [6.07, 6.45) is 3.68. The Hall–Kier alpha value is -2.36. The van der Waals surface area contributed by atoms with Gasteiger partial charge in [0.05, 0.1) is 11.8 Å². The third-order valence-corrected chi connectivity index (χ3v) is 1.51. The summed E-state index contributed by atoms with van der Waals surface area (Å²) < 4.78 is 4.55. The zero-order valence-electron chi connectivity index (χ0n) is 9.50. The Morgan fingerprint density at radius 2 is 1.88 bits per heavy atom. The number of allylic oxidation sites excluding steroid dienone is 1. The number of ether oxygens (including phenoxy) is 1. The molecule has 90 valence electrons. The molecule has 0 heterocycles. The number of hydrogen-bond donors (Lipinski definition) is 1. The largest absolute Gasteiger partial charge is 0.478 e. The Balaban J connectivity index is 0.000000366. The van der Waals surface area contributed by atoms with Crippen LogP contribution in [0.1, 0.15) is 17.3 Å². The third kappa shape index (κ3) is 7.56. The number of carboxylic acids is 1. The molecular weight excluding hydrogens is 220 g/mol. The Morgan fingerprint density at radius 3 is 2.24 bits per heavy atom. The molecule has 1 rings (SSSR count). The first-order chi connectivity index (χ1) is 8.11. The molecule has 1 aromatic carbocycles. The van der Waals surface area contributed by atoms with E-state index < -0.39 is 5.97 Å². The highest BCUT2D eigenvalue weighted by Gasteiger charge is 2.01. The van der Waals surface area contributed by atoms with Gasteiger partial charge in [0, 0.05) is 6.08 Å². The minimum Gasteiger partial charge on any atom is -0.478 e. The van der Waals surface area contributed by atoms with Crippen LogP contribution in [-0.2, 0) is 9.53 Å². The molecule has 4 heteroatoms. The molecule has 0 spiro atoms. The first-order valence-electron chi connectivity index (χ1n) is 4.84. The molecule has 0 unspecified atom stereocenters. The van der Waals surface area contributed by atoms with Crippen molar-refractivity contribution in [3.63, 3.8) is 0 Å². The van der Waals surface area contributed by atoms with Gasteiger partial charge in [0.25, 0.3) is 0 Å². The summed E-state index contributed by atoms with van der Waals surface area (Å²) in [7, 11) is 0. The van der Waals surface area contributed by atoms with Crippen molar-refractivity contribution in [2.24, 2.45) is 0 Å². The van der Waals surface area contributed by atoms with Gasteiger partial charge in [-0.05, 0) is 19.1 Å². The lowest BCUT2D eigenvalue weighted by atomic mass is 10.2. The van der Waals surface area contributed by atoms with Crippen LogP contribution in [0.2, 0.25) is 0 Å². The predicted octanol–water partition coefficient (Wildman–Crippen LogP) is 2.63. The van der Waals surface area contributed by atoms with E-state index in [0.717, 1.165) is 12.3 Å². The Morgan fingerprint density at radius 1 is 1.29 bits per heavy atom. The minimum atomic E-state index is -0.891. The summed E-state index contributed by atoms with van der Waals surface area (Å²) in [4.78, 5) is 20.5. The van der Waals surface area contributed by atoms with E-state index in [4.69, 9.17) is 5.11 Å². The van der Waals surface area contributed by atoms with E-state index in [1.165, 1.54) is 6.08 Å². The van der Waals surface area contributed by atoms with Gasteiger partial charge in [0.1, 0.15) is 0 Å². The van der Waals surface area contributed by atoms with Crippen LogP contribution in [0.15, 0.2) is 55.3 Å². The van der Waals surface area contributed by atoms with E-state index >= 15 is 0 Å². The van der Waals surface area contributed by atoms with Gasteiger partial charge in [-0.2, -0.15) is 0 Å². The summed E-state index contributed by atoms with van der Waals surface area (Å²) in [5.74, 6) is -1.27. The van der Waals surface area contributed by atoms with E-state index in [2.05, 4.69) is 11.3 Å². The number of carbonyl (C=O) groups excluding carboxylic acids is 1. The number of esters is 1. The zero-order chi connectivity index (χ0) is 13.1.